The second-order valence-corrected chi connectivity index (χ2v) is 8.12. The van der Waals surface area contributed by atoms with Crippen molar-refractivity contribution >= 4 is 33.3 Å². The van der Waals surface area contributed by atoms with Gasteiger partial charge in [-0.2, -0.15) is 0 Å². The van der Waals surface area contributed by atoms with E-state index in [0.29, 0.717) is 0 Å². The third kappa shape index (κ3) is 3.32. The van der Waals surface area contributed by atoms with Gasteiger partial charge >= 0.3 is 0 Å². The van der Waals surface area contributed by atoms with E-state index in [1.807, 2.05) is 18.2 Å². The summed E-state index contributed by atoms with van der Waals surface area (Å²) in [5, 5.41) is 11.3. The summed E-state index contributed by atoms with van der Waals surface area (Å²) < 4.78 is 0. The number of pyridine rings is 1. The monoisotopic (exact) mass is 417 g/mol. The van der Waals surface area contributed by atoms with E-state index >= 15 is 0 Å². The Bertz CT molecular complexity index is 1380. The van der Waals surface area contributed by atoms with E-state index in [4.69, 9.17) is 4.98 Å². The summed E-state index contributed by atoms with van der Waals surface area (Å²) in [6.07, 6.45) is 0. The van der Waals surface area contributed by atoms with Crippen molar-refractivity contribution in [3.05, 3.63) is 91.0 Å². The Labute approximate surface area is 187 Å². The van der Waals surface area contributed by atoms with E-state index in [1.54, 1.807) is 0 Å². The Morgan fingerprint density at radius 2 is 1.22 bits per heavy atom. The highest BCUT2D eigenvalue weighted by molar-refractivity contribution is 6.08. The summed E-state index contributed by atoms with van der Waals surface area (Å²) in [6.45, 7) is 3.81. The van der Waals surface area contributed by atoms with Crippen LogP contribution in [0.1, 0.15) is 0 Å². The fraction of sp³-hybridized carbons (Fsp3) is 0.148. The van der Waals surface area contributed by atoms with Crippen molar-refractivity contribution in [2.75, 3.05) is 36.0 Å². The number of hydrogen-bond acceptors (Lipinski definition) is 5. The fourth-order valence-electron chi connectivity index (χ4n) is 4.52. The van der Waals surface area contributed by atoms with E-state index in [9.17, 15) is 0 Å². The summed E-state index contributed by atoms with van der Waals surface area (Å²) in [5.74, 6) is 1.04. The molecule has 5 nitrogen and oxygen atoms in total. The van der Waals surface area contributed by atoms with Crippen molar-refractivity contribution in [2.45, 2.75) is 0 Å². The van der Waals surface area contributed by atoms with Crippen molar-refractivity contribution in [3.63, 3.8) is 0 Å². The zero-order chi connectivity index (χ0) is 21.3. The maximum atomic E-state index is 5.12. The lowest BCUT2D eigenvalue weighted by atomic mass is 10.1. The number of aromatic nitrogens is 3. The molecule has 3 aromatic carbocycles. The third-order valence-electron chi connectivity index (χ3n) is 6.19. The van der Waals surface area contributed by atoms with E-state index in [-0.39, 0.29) is 0 Å². The average Bonchev–Trinajstić information content (AvgIpc) is 2.89. The van der Waals surface area contributed by atoms with Crippen LogP contribution in [0.2, 0.25) is 0 Å². The Balaban J connectivity index is 1.40. The van der Waals surface area contributed by atoms with Crippen LogP contribution in [0, 0.1) is 0 Å². The van der Waals surface area contributed by atoms with Crippen molar-refractivity contribution in [1.29, 1.82) is 0 Å². The fourth-order valence-corrected chi connectivity index (χ4v) is 4.52. The van der Waals surface area contributed by atoms with Gasteiger partial charge in [0.2, 0.25) is 0 Å². The van der Waals surface area contributed by atoms with Crippen LogP contribution in [-0.4, -0.2) is 41.4 Å². The number of para-hydroxylation sites is 1. The molecule has 5 heteroatoms. The molecule has 0 spiro atoms. The van der Waals surface area contributed by atoms with Crippen LogP contribution in [0.15, 0.2) is 91.0 Å². The number of hydrogen-bond donors (Lipinski definition) is 0. The lowest BCUT2D eigenvalue weighted by Crippen LogP contribution is -2.46. The molecule has 0 amide bonds. The van der Waals surface area contributed by atoms with Gasteiger partial charge in [-0.1, -0.05) is 72.8 Å². The van der Waals surface area contributed by atoms with Gasteiger partial charge in [0.05, 0.1) is 11.2 Å². The first-order valence-electron chi connectivity index (χ1n) is 11.0. The standard InChI is InChI=1S/C27H23N5/c1-3-9-20(10-4-1)24-19-25-26(30-29-24)22-13-7-8-14-23(22)27(28-25)32-17-15-31(16-18-32)21-11-5-2-6-12-21/h1-14,19H,15-18H2. The van der Waals surface area contributed by atoms with Gasteiger partial charge in [0, 0.05) is 48.2 Å². The zero-order valence-corrected chi connectivity index (χ0v) is 17.7. The summed E-state index contributed by atoms with van der Waals surface area (Å²) in [6, 6.07) is 31.3. The van der Waals surface area contributed by atoms with Crippen LogP contribution in [-0.2, 0) is 0 Å². The molecule has 6 rings (SSSR count). The summed E-state index contributed by atoms with van der Waals surface area (Å²) in [7, 11) is 0. The van der Waals surface area contributed by atoms with Gasteiger partial charge in [-0.3, -0.25) is 0 Å². The van der Waals surface area contributed by atoms with E-state index in [1.165, 1.54) is 5.69 Å². The molecule has 0 N–H and O–H groups in total. The number of fused-ring (bicyclic) bond motifs is 3. The molecule has 2 aromatic heterocycles. The largest absolute Gasteiger partial charge is 0.368 e. The molecule has 0 radical (unpaired) electrons. The predicted octanol–water partition coefficient (Wildman–Crippen LogP) is 5.17. The average molecular weight is 418 g/mol. The highest BCUT2D eigenvalue weighted by atomic mass is 15.3. The maximum Gasteiger partial charge on any atom is 0.137 e. The molecule has 1 saturated heterocycles. The van der Waals surface area contributed by atoms with Crippen LogP contribution in [0.5, 0.6) is 0 Å². The molecular formula is C27H23N5. The van der Waals surface area contributed by atoms with Gasteiger partial charge in [0.1, 0.15) is 11.3 Å². The Kier molecular flexibility index (Phi) is 4.65. The summed E-state index contributed by atoms with van der Waals surface area (Å²) in [5.41, 5.74) is 4.92. The molecule has 0 atom stereocenters. The van der Waals surface area contributed by atoms with Gasteiger partial charge in [0.25, 0.3) is 0 Å². The van der Waals surface area contributed by atoms with Gasteiger partial charge < -0.3 is 9.80 Å². The maximum absolute atomic E-state index is 5.12. The number of anilines is 2. The van der Waals surface area contributed by atoms with Crippen molar-refractivity contribution < 1.29 is 0 Å². The van der Waals surface area contributed by atoms with Gasteiger partial charge in [-0.05, 0) is 18.2 Å². The van der Waals surface area contributed by atoms with Crippen LogP contribution in [0.3, 0.4) is 0 Å². The second kappa shape index (κ2) is 7.93. The highest BCUT2D eigenvalue weighted by Gasteiger charge is 2.21. The molecule has 0 bridgehead atoms. The van der Waals surface area contributed by atoms with E-state index < -0.39 is 0 Å². The topological polar surface area (TPSA) is 45.2 Å². The molecule has 32 heavy (non-hydrogen) atoms. The molecule has 3 heterocycles. The third-order valence-corrected chi connectivity index (χ3v) is 6.19. The van der Waals surface area contributed by atoms with Crippen molar-refractivity contribution in [2.24, 2.45) is 0 Å². The molecule has 5 aromatic rings. The normalized spacial score (nSPS) is 14.2. The molecule has 156 valence electrons. The van der Waals surface area contributed by atoms with E-state index in [0.717, 1.165) is 65.1 Å². The van der Waals surface area contributed by atoms with Gasteiger partial charge in [-0.15, -0.1) is 10.2 Å². The molecule has 0 aliphatic carbocycles. The van der Waals surface area contributed by atoms with Gasteiger partial charge in [0.15, 0.2) is 0 Å². The van der Waals surface area contributed by atoms with Crippen molar-refractivity contribution in [1.82, 2.24) is 15.2 Å². The number of benzene rings is 3. The Morgan fingerprint density at radius 3 is 1.97 bits per heavy atom. The predicted molar refractivity (Wildman–Crippen MR) is 131 cm³/mol. The Hall–Kier alpha value is -3.99. The summed E-state index contributed by atoms with van der Waals surface area (Å²) in [4.78, 5) is 9.97. The van der Waals surface area contributed by atoms with Crippen molar-refractivity contribution in [3.8, 4) is 11.3 Å². The lowest BCUT2D eigenvalue weighted by Gasteiger charge is -2.37. The quantitative estimate of drug-likeness (QED) is 0.379. The molecule has 1 aliphatic rings. The van der Waals surface area contributed by atoms with Crippen LogP contribution >= 0.6 is 0 Å². The van der Waals surface area contributed by atoms with Crippen LogP contribution < -0.4 is 9.80 Å². The first-order chi connectivity index (χ1) is 15.9. The first kappa shape index (κ1) is 18.8. The smallest absolute Gasteiger partial charge is 0.137 e. The minimum Gasteiger partial charge on any atom is -0.368 e. The number of rotatable bonds is 3. The number of nitrogens with zero attached hydrogens (tertiary/aromatic N) is 5. The second-order valence-electron chi connectivity index (χ2n) is 8.12. The minimum atomic E-state index is 0.848. The first-order valence-corrected chi connectivity index (χ1v) is 11.0. The molecule has 0 saturated carbocycles. The lowest BCUT2D eigenvalue weighted by molar-refractivity contribution is 0.650. The van der Waals surface area contributed by atoms with Crippen LogP contribution in [0.4, 0.5) is 11.5 Å². The zero-order valence-electron chi connectivity index (χ0n) is 17.7. The molecule has 0 unspecified atom stereocenters. The molecule has 1 aliphatic heterocycles. The SMILES string of the molecule is c1ccc(-c2cc3nc(N4CCN(c5ccccc5)CC4)c4ccccc4c3nn2)cc1. The van der Waals surface area contributed by atoms with Crippen LogP contribution in [0.25, 0.3) is 33.1 Å². The molecular weight excluding hydrogens is 394 g/mol. The molecule has 1 fully saturated rings. The Morgan fingerprint density at radius 1 is 0.594 bits per heavy atom. The van der Waals surface area contributed by atoms with Gasteiger partial charge in [-0.25, -0.2) is 4.98 Å². The summed E-state index contributed by atoms with van der Waals surface area (Å²) >= 11 is 0. The van der Waals surface area contributed by atoms with E-state index in [2.05, 4.69) is 92.8 Å². The number of piperazine rings is 1. The minimum absolute atomic E-state index is 0.848. The highest BCUT2D eigenvalue weighted by Crippen LogP contribution is 2.32.